The fourth-order valence-electron chi connectivity index (χ4n) is 3.11. The number of imidazole rings is 1. The third-order valence-electron chi connectivity index (χ3n) is 4.42. The number of H-pyrrole nitrogens is 1. The maximum absolute atomic E-state index is 6.62. The number of benzene rings is 1. The maximum Gasteiger partial charge on any atom is 0.127 e. The standard InChI is InChI=1S/C16H23N3/c1-2-12-7-8-13-14(11-12)19-15(18-13)16(17)9-5-3-4-6-10-16/h7-8,11H,2-6,9-10,17H2,1H3,(H,18,19). The van der Waals surface area contributed by atoms with E-state index in [2.05, 4.69) is 30.1 Å². The molecule has 1 aliphatic carbocycles. The van der Waals surface area contributed by atoms with Crippen molar-refractivity contribution in [2.45, 2.75) is 57.4 Å². The van der Waals surface area contributed by atoms with Crippen LogP contribution in [0.2, 0.25) is 0 Å². The summed E-state index contributed by atoms with van der Waals surface area (Å²) in [6.07, 6.45) is 8.19. The Morgan fingerprint density at radius 1 is 1.21 bits per heavy atom. The monoisotopic (exact) mass is 257 g/mol. The molecule has 1 heterocycles. The minimum absolute atomic E-state index is 0.248. The summed E-state index contributed by atoms with van der Waals surface area (Å²) >= 11 is 0. The van der Waals surface area contributed by atoms with Crippen LogP contribution in [0.3, 0.4) is 0 Å². The predicted octanol–water partition coefficient (Wildman–Crippen LogP) is 3.63. The Balaban J connectivity index is 1.99. The molecule has 2 aromatic rings. The van der Waals surface area contributed by atoms with Crippen LogP contribution in [-0.4, -0.2) is 9.97 Å². The van der Waals surface area contributed by atoms with Gasteiger partial charge in [0.2, 0.25) is 0 Å². The Labute approximate surface area is 114 Å². The van der Waals surface area contributed by atoms with E-state index < -0.39 is 0 Å². The molecule has 0 bridgehead atoms. The second kappa shape index (κ2) is 4.97. The molecule has 3 rings (SSSR count). The minimum atomic E-state index is -0.248. The largest absolute Gasteiger partial charge is 0.340 e. The molecule has 0 atom stereocenters. The van der Waals surface area contributed by atoms with E-state index in [9.17, 15) is 0 Å². The first-order valence-electron chi connectivity index (χ1n) is 7.49. The highest BCUT2D eigenvalue weighted by atomic mass is 15.0. The van der Waals surface area contributed by atoms with Gasteiger partial charge in [-0.3, -0.25) is 0 Å². The number of aromatic amines is 1. The Kier molecular flexibility index (Phi) is 3.31. The van der Waals surface area contributed by atoms with Gasteiger partial charge < -0.3 is 10.7 Å². The molecule has 3 heteroatoms. The van der Waals surface area contributed by atoms with E-state index in [-0.39, 0.29) is 5.54 Å². The fourth-order valence-corrected chi connectivity index (χ4v) is 3.11. The first kappa shape index (κ1) is 12.7. The van der Waals surface area contributed by atoms with Crippen LogP contribution in [0.4, 0.5) is 0 Å². The lowest BCUT2D eigenvalue weighted by atomic mass is 9.91. The minimum Gasteiger partial charge on any atom is -0.340 e. The Morgan fingerprint density at radius 2 is 1.95 bits per heavy atom. The van der Waals surface area contributed by atoms with Crippen LogP contribution in [0.15, 0.2) is 18.2 Å². The number of nitrogens with two attached hydrogens (primary N) is 1. The van der Waals surface area contributed by atoms with E-state index >= 15 is 0 Å². The Morgan fingerprint density at radius 3 is 2.63 bits per heavy atom. The van der Waals surface area contributed by atoms with Gasteiger partial charge in [0.05, 0.1) is 16.6 Å². The van der Waals surface area contributed by atoms with Crippen molar-refractivity contribution in [1.82, 2.24) is 9.97 Å². The molecular formula is C16H23N3. The lowest BCUT2D eigenvalue weighted by molar-refractivity contribution is 0.366. The maximum atomic E-state index is 6.62. The van der Waals surface area contributed by atoms with Crippen LogP contribution in [0.25, 0.3) is 11.0 Å². The smallest absolute Gasteiger partial charge is 0.127 e. The third-order valence-corrected chi connectivity index (χ3v) is 4.42. The first-order valence-corrected chi connectivity index (χ1v) is 7.49. The summed E-state index contributed by atoms with van der Waals surface area (Å²) in [5, 5.41) is 0. The van der Waals surface area contributed by atoms with Crippen molar-refractivity contribution in [3.63, 3.8) is 0 Å². The first-order chi connectivity index (χ1) is 9.21. The zero-order chi connectivity index (χ0) is 13.3. The molecule has 0 aliphatic heterocycles. The molecule has 102 valence electrons. The van der Waals surface area contributed by atoms with E-state index in [1.54, 1.807) is 0 Å². The highest BCUT2D eigenvalue weighted by molar-refractivity contribution is 5.76. The molecule has 3 nitrogen and oxygen atoms in total. The fraction of sp³-hybridized carbons (Fsp3) is 0.562. The zero-order valence-electron chi connectivity index (χ0n) is 11.7. The quantitative estimate of drug-likeness (QED) is 0.807. The van der Waals surface area contributed by atoms with Gasteiger partial charge in [0, 0.05) is 0 Å². The molecule has 0 radical (unpaired) electrons. The van der Waals surface area contributed by atoms with Crippen molar-refractivity contribution in [3.8, 4) is 0 Å². The molecule has 19 heavy (non-hydrogen) atoms. The molecule has 1 aliphatic rings. The van der Waals surface area contributed by atoms with Gasteiger partial charge in [-0.25, -0.2) is 4.98 Å². The topological polar surface area (TPSA) is 54.7 Å². The number of fused-ring (bicyclic) bond motifs is 1. The van der Waals surface area contributed by atoms with Gasteiger partial charge in [-0.15, -0.1) is 0 Å². The van der Waals surface area contributed by atoms with Gasteiger partial charge >= 0.3 is 0 Å². The highest BCUT2D eigenvalue weighted by Gasteiger charge is 2.31. The Bertz CT molecular complexity index is 562. The van der Waals surface area contributed by atoms with E-state index in [0.29, 0.717) is 0 Å². The van der Waals surface area contributed by atoms with Crippen molar-refractivity contribution in [3.05, 3.63) is 29.6 Å². The second-order valence-electron chi connectivity index (χ2n) is 5.86. The van der Waals surface area contributed by atoms with E-state index in [1.807, 2.05) is 0 Å². The van der Waals surface area contributed by atoms with Gasteiger partial charge in [0.25, 0.3) is 0 Å². The summed E-state index contributed by atoms with van der Waals surface area (Å²) < 4.78 is 0. The molecule has 0 unspecified atom stereocenters. The predicted molar refractivity (Wildman–Crippen MR) is 79.0 cm³/mol. The van der Waals surface area contributed by atoms with Gasteiger partial charge in [0.15, 0.2) is 0 Å². The number of hydrogen-bond acceptors (Lipinski definition) is 2. The summed E-state index contributed by atoms with van der Waals surface area (Å²) in [6.45, 7) is 2.17. The van der Waals surface area contributed by atoms with Crippen molar-refractivity contribution in [2.24, 2.45) is 5.73 Å². The summed E-state index contributed by atoms with van der Waals surface area (Å²) in [6, 6.07) is 6.46. The summed E-state index contributed by atoms with van der Waals surface area (Å²) in [7, 11) is 0. The average molecular weight is 257 g/mol. The molecule has 1 saturated carbocycles. The molecule has 1 fully saturated rings. The molecule has 3 N–H and O–H groups in total. The van der Waals surface area contributed by atoms with Gasteiger partial charge in [-0.2, -0.15) is 0 Å². The van der Waals surface area contributed by atoms with Crippen molar-refractivity contribution < 1.29 is 0 Å². The molecular weight excluding hydrogens is 234 g/mol. The summed E-state index contributed by atoms with van der Waals surface area (Å²) in [4.78, 5) is 8.22. The lowest BCUT2D eigenvalue weighted by Crippen LogP contribution is -2.37. The number of aromatic nitrogens is 2. The van der Waals surface area contributed by atoms with Crippen LogP contribution in [0.1, 0.15) is 56.8 Å². The lowest BCUT2D eigenvalue weighted by Gasteiger charge is -2.25. The van der Waals surface area contributed by atoms with Crippen molar-refractivity contribution >= 4 is 11.0 Å². The molecule has 1 aromatic heterocycles. The van der Waals surface area contributed by atoms with Crippen LogP contribution in [0, 0.1) is 0 Å². The Hall–Kier alpha value is -1.35. The molecule has 0 saturated heterocycles. The van der Waals surface area contributed by atoms with Crippen LogP contribution in [0.5, 0.6) is 0 Å². The molecule has 1 aromatic carbocycles. The summed E-state index contributed by atoms with van der Waals surface area (Å²) in [5.74, 6) is 0.984. The van der Waals surface area contributed by atoms with Crippen LogP contribution < -0.4 is 5.73 Å². The zero-order valence-corrected chi connectivity index (χ0v) is 11.7. The number of nitrogens with one attached hydrogen (secondary N) is 1. The van der Waals surface area contributed by atoms with Crippen LogP contribution in [-0.2, 0) is 12.0 Å². The number of aryl methyl sites for hydroxylation is 1. The number of hydrogen-bond donors (Lipinski definition) is 2. The van der Waals surface area contributed by atoms with E-state index in [4.69, 9.17) is 10.7 Å². The molecule has 0 spiro atoms. The average Bonchev–Trinajstić information content (AvgIpc) is 2.74. The van der Waals surface area contributed by atoms with E-state index in [0.717, 1.165) is 36.1 Å². The third kappa shape index (κ3) is 2.39. The SMILES string of the molecule is CCc1ccc2nc(C3(N)CCCCCC3)[nH]c2c1. The highest BCUT2D eigenvalue weighted by Crippen LogP contribution is 2.33. The van der Waals surface area contributed by atoms with Crippen molar-refractivity contribution in [2.75, 3.05) is 0 Å². The van der Waals surface area contributed by atoms with E-state index in [1.165, 1.54) is 31.2 Å². The van der Waals surface area contributed by atoms with Crippen molar-refractivity contribution in [1.29, 1.82) is 0 Å². The number of rotatable bonds is 2. The van der Waals surface area contributed by atoms with Gasteiger partial charge in [0.1, 0.15) is 5.82 Å². The van der Waals surface area contributed by atoms with Gasteiger partial charge in [-0.1, -0.05) is 38.7 Å². The summed E-state index contributed by atoms with van der Waals surface area (Å²) in [5.41, 5.74) is 9.89. The number of nitrogens with zero attached hydrogens (tertiary/aromatic N) is 1. The second-order valence-corrected chi connectivity index (χ2v) is 5.86. The van der Waals surface area contributed by atoms with Gasteiger partial charge in [-0.05, 0) is 37.0 Å². The molecule has 0 amide bonds. The normalized spacial score (nSPS) is 19.5. The van der Waals surface area contributed by atoms with Crippen LogP contribution >= 0.6 is 0 Å².